The van der Waals surface area contributed by atoms with Crippen molar-refractivity contribution >= 4 is 7.12 Å². The first-order chi connectivity index (χ1) is 4.70. The molecule has 0 saturated carbocycles. The van der Waals surface area contributed by atoms with Crippen LogP contribution in [0, 0.1) is 0 Å². The molecule has 0 amide bonds. The Kier molecular flexibility index (Phi) is 2.24. The van der Waals surface area contributed by atoms with Gasteiger partial charge in [0.25, 0.3) is 0 Å². The van der Waals surface area contributed by atoms with Gasteiger partial charge in [-0.25, -0.2) is 4.39 Å². The van der Waals surface area contributed by atoms with E-state index in [9.17, 15) is 4.39 Å². The Morgan fingerprint density at radius 1 is 1.60 bits per heavy atom. The Hall–Kier alpha value is -0.605. The lowest BCUT2D eigenvalue weighted by atomic mass is 9.69. The van der Waals surface area contributed by atoms with Crippen LogP contribution >= 0.6 is 0 Å². The van der Waals surface area contributed by atoms with Gasteiger partial charge >= 0.3 is 7.12 Å². The highest BCUT2D eigenvalue weighted by atomic mass is 19.1. The van der Waals surface area contributed by atoms with Crippen molar-refractivity contribution in [1.29, 1.82) is 0 Å². The minimum Gasteiger partial charge on any atom is -0.427 e. The number of rotatable bonds is 1. The van der Waals surface area contributed by atoms with Gasteiger partial charge in [0.05, 0.1) is 5.83 Å². The second-order valence-corrected chi connectivity index (χ2v) is 2.28. The summed E-state index contributed by atoms with van der Waals surface area (Å²) in [6.07, 6.45) is 4.48. The summed E-state index contributed by atoms with van der Waals surface area (Å²) in [4.78, 5) is 0. The summed E-state index contributed by atoms with van der Waals surface area (Å²) in [5.41, 5.74) is 0. The number of hydrogen-bond acceptors (Lipinski definition) is 2. The molecule has 0 aliphatic heterocycles. The first-order valence-electron chi connectivity index (χ1n) is 3.09. The Balaban J connectivity index is 2.55. The van der Waals surface area contributed by atoms with E-state index in [1.807, 2.05) is 0 Å². The summed E-state index contributed by atoms with van der Waals surface area (Å²) in [7, 11) is -1.45. The molecule has 1 rings (SSSR count). The van der Waals surface area contributed by atoms with Gasteiger partial charge in [0.15, 0.2) is 0 Å². The summed E-state index contributed by atoms with van der Waals surface area (Å²) < 4.78 is 12.4. The molecule has 0 aromatic heterocycles. The molecule has 0 aromatic carbocycles. The molecule has 0 heterocycles. The summed E-state index contributed by atoms with van der Waals surface area (Å²) >= 11 is 0. The zero-order chi connectivity index (χ0) is 7.56. The van der Waals surface area contributed by atoms with E-state index in [-0.39, 0.29) is 12.2 Å². The minimum absolute atomic E-state index is 0.0914. The van der Waals surface area contributed by atoms with E-state index in [0.717, 1.165) is 0 Å². The number of hydrogen-bond donors (Lipinski definition) is 2. The third-order valence-corrected chi connectivity index (χ3v) is 1.45. The van der Waals surface area contributed by atoms with Crippen LogP contribution in [-0.4, -0.2) is 17.2 Å². The van der Waals surface area contributed by atoms with E-state index in [1.165, 1.54) is 12.2 Å². The van der Waals surface area contributed by atoms with Crippen molar-refractivity contribution in [2.24, 2.45) is 0 Å². The van der Waals surface area contributed by atoms with E-state index in [4.69, 9.17) is 10.0 Å². The predicted octanol–water partition coefficient (Wildman–Crippen LogP) is 0.643. The second kappa shape index (κ2) is 2.99. The molecular formula is C6H8BFO2. The molecule has 54 valence electrons. The molecule has 4 heteroatoms. The van der Waals surface area contributed by atoms with Crippen LogP contribution in [0.3, 0.4) is 0 Å². The fourth-order valence-electron chi connectivity index (χ4n) is 0.869. The van der Waals surface area contributed by atoms with E-state index in [1.54, 1.807) is 6.08 Å². The predicted molar refractivity (Wildman–Crippen MR) is 36.9 cm³/mol. The maximum absolute atomic E-state index is 12.4. The zero-order valence-electron chi connectivity index (χ0n) is 5.37. The van der Waals surface area contributed by atoms with Gasteiger partial charge < -0.3 is 10.0 Å². The third kappa shape index (κ3) is 1.69. The summed E-state index contributed by atoms with van der Waals surface area (Å²) in [6, 6.07) is 0. The highest BCUT2D eigenvalue weighted by molar-refractivity contribution is 6.44. The minimum atomic E-state index is -1.45. The van der Waals surface area contributed by atoms with Gasteiger partial charge in [-0.15, -0.1) is 0 Å². The summed E-state index contributed by atoms with van der Waals surface area (Å²) in [6.45, 7) is 0. The third-order valence-electron chi connectivity index (χ3n) is 1.45. The number of allylic oxidation sites excluding steroid dienone is 4. The van der Waals surface area contributed by atoms with Gasteiger partial charge in [-0.05, 0) is 6.08 Å². The molecule has 0 radical (unpaired) electrons. The highest BCUT2D eigenvalue weighted by Crippen LogP contribution is 2.24. The highest BCUT2D eigenvalue weighted by Gasteiger charge is 2.23. The molecule has 0 spiro atoms. The van der Waals surface area contributed by atoms with E-state index in [0.29, 0.717) is 0 Å². The molecule has 0 aromatic rings. The van der Waals surface area contributed by atoms with E-state index in [2.05, 4.69) is 0 Å². The first kappa shape index (κ1) is 7.50. The fourth-order valence-corrected chi connectivity index (χ4v) is 0.869. The Labute approximate surface area is 58.8 Å². The smallest absolute Gasteiger partial charge is 0.427 e. The molecule has 1 unspecified atom stereocenters. The fraction of sp³-hybridized carbons (Fsp3) is 0.333. The van der Waals surface area contributed by atoms with Gasteiger partial charge in [0.1, 0.15) is 0 Å². The summed E-state index contributed by atoms with van der Waals surface area (Å²) in [5.74, 6) is -0.786. The van der Waals surface area contributed by atoms with Gasteiger partial charge in [-0.3, -0.25) is 0 Å². The lowest BCUT2D eigenvalue weighted by Gasteiger charge is -2.11. The van der Waals surface area contributed by atoms with Crippen LogP contribution in [-0.2, 0) is 0 Å². The lowest BCUT2D eigenvalue weighted by molar-refractivity contribution is 0.388. The van der Waals surface area contributed by atoms with Crippen LogP contribution in [0.1, 0.15) is 6.42 Å². The average molecular weight is 142 g/mol. The Bertz CT molecular complexity index is 177. The van der Waals surface area contributed by atoms with Crippen LogP contribution in [0.2, 0.25) is 5.82 Å². The largest absolute Gasteiger partial charge is 0.459 e. The molecular weight excluding hydrogens is 134 g/mol. The van der Waals surface area contributed by atoms with Crippen LogP contribution < -0.4 is 0 Å². The molecule has 2 nitrogen and oxygen atoms in total. The molecule has 10 heavy (non-hydrogen) atoms. The summed E-state index contributed by atoms with van der Waals surface area (Å²) in [5, 5.41) is 17.2. The number of halogens is 1. The van der Waals surface area contributed by atoms with E-state index >= 15 is 0 Å². The standard InChI is InChI=1S/C6H8BFO2/c8-6-3-1-2-5(4-6)7(9)10/h1-3,5,9-10H,4H2. The van der Waals surface area contributed by atoms with Crippen molar-refractivity contribution in [2.45, 2.75) is 12.2 Å². The van der Waals surface area contributed by atoms with Gasteiger partial charge in [-0.2, -0.15) is 0 Å². The van der Waals surface area contributed by atoms with Gasteiger partial charge in [0, 0.05) is 12.2 Å². The normalized spacial score (nSPS) is 24.3. The van der Waals surface area contributed by atoms with Crippen molar-refractivity contribution in [1.82, 2.24) is 0 Å². The molecule has 1 atom stereocenters. The van der Waals surface area contributed by atoms with Crippen molar-refractivity contribution in [3.8, 4) is 0 Å². The van der Waals surface area contributed by atoms with Gasteiger partial charge in [0.2, 0.25) is 0 Å². The van der Waals surface area contributed by atoms with Crippen molar-refractivity contribution in [3.05, 3.63) is 24.1 Å². The lowest BCUT2D eigenvalue weighted by Crippen LogP contribution is -2.19. The van der Waals surface area contributed by atoms with Crippen molar-refractivity contribution in [2.75, 3.05) is 0 Å². The molecule has 0 bridgehead atoms. The van der Waals surface area contributed by atoms with Crippen molar-refractivity contribution < 1.29 is 14.4 Å². The topological polar surface area (TPSA) is 40.5 Å². The quantitative estimate of drug-likeness (QED) is 0.527. The molecule has 0 fully saturated rings. The maximum atomic E-state index is 12.4. The SMILES string of the molecule is OB(O)C1C=CC=C(F)C1. The monoisotopic (exact) mass is 142 g/mol. The average Bonchev–Trinajstić information content (AvgIpc) is 1.88. The maximum Gasteiger partial charge on any atom is 0.459 e. The molecule has 0 saturated heterocycles. The van der Waals surface area contributed by atoms with Crippen molar-refractivity contribution in [3.63, 3.8) is 0 Å². The van der Waals surface area contributed by atoms with E-state index < -0.39 is 12.9 Å². The van der Waals surface area contributed by atoms with Crippen LogP contribution in [0.15, 0.2) is 24.1 Å². The molecule has 2 N–H and O–H groups in total. The Morgan fingerprint density at radius 2 is 2.30 bits per heavy atom. The Morgan fingerprint density at radius 3 is 2.70 bits per heavy atom. The second-order valence-electron chi connectivity index (χ2n) is 2.28. The van der Waals surface area contributed by atoms with Crippen LogP contribution in [0.4, 0.5) is 4.39 Å². The molecule has 1 aliphatic rings. The molecule has 1 aliphatic carbocycles. The van der Waals surface area contributed by atoms with Gasteiger partial charge in [-0.1, -0.05) is 12.2 Å². The first-order valence-corrected chi connectivity index (χ1v) is 3.09. The van der Waals surface area contributed by atoms with Crippen LogP contribution in [0.25, 0.3) is 0 Å². The zero-order valence-corrected chi connectivity index (χ0v) is 5.37. The van der Waals surface area contributed by atoms with Crippen LogP contribution in [0.5, 0.6) is 0 Å².